The van der Waals surface area contributed by atoms with Crippen molar-refractivity contribution in [1.29, 1.82) is 0 Å². The summed E-state index contributed by atoms with van der Waals surface area (Å²) < 4.78 is 36.0. The highest BCUT2D eigenvalue weighted by Crippen LogP contribution is 2.34. The van der Waals surface area contributed by atoms with E-state index in [1.807, 2.05) is 0 Å². The zero-order valence-electron chi connectivity index (χ0n) is 10.7. The number of hydrogen-bond donors (Lipinski definition) is 0. The van der Waals surface area contributed by atoms with Gasteiger partial charge in [0, 0.05) is 40.6 Å². The molecule has 5 nitrogen and oxygen atoms in total. The van der Waals surface area contributed by atoms with Crippen LogP contribution in [-0.2, 0) is 15.0 Å². The van der Waals surface area contributed by atoms with Crippen molar-refractivity contribution in [3.8, 4) is 0 Å². The molecule has 0 aliphatic carbocycles. The molecule has 3 rings (SSSR count). The zero-order chi connectivity index (χ0) is 15.2. The SMILES string of the molecule is O=C1CC(S(=O)(=O)F)CN1c1ccc(Br)c2ccncc12. The Morgan fingerprint density at radius 2 is 2.05 bits per heavy atom. The average Bonchev–Trinajstić information content (AvgIpc) is 2.82. The van der Waals surface area contributed by atoms with Gasteiger partial charge in [-0.1, -0.05) is 15.9 Å². The van der Waals surface area contributed by atoms with Gasteiger partial charge in [-0.2, -0.15) is 8.42 Å². The lowest BCUT2D eigenvalue weighted by molar-refractivity contribution is -0.117. The van der Waals surface area contributed by atoms with Crippen molar-refractivity contribution in [3.05, 3.63) is 35.1 Å². The molecular formula is C13H10BrFN2O3S. The Balaban J connectivity index is 2.10. The van der Waals surface area contributed by atoms with Gasteiger partial charge >= 0.3 is 10.2 Å². The molecule has 1 unspecified atom stereocenters. The first-order chi connectivity index (χ1) is 9.88. The van der Waals surface area contributed by atoms with Crippen LogP contribution < -0.4 is 4.90 Å². The second-order valence-electron chi connectivity index (χ2n) is 4.79. The number of aromatic nitrogens is 1. The van der Waals surface area contributed by atoms with Crippen LogP contribution in [0.4, 0.5) is 9.57 Å². The largest absolute Gasteiger partial charge is 0.310 e. The van der Waals surface area contributed by atoms with Gasteiger partial charge < -0.3 is 4.90 Å². The topological polar surface area (TPSA) is 67.3 Å². The lowest BCUT2D eigenvalue weighted by Crippen LogP contribution is -2.27. The monoisotopic (exact) mass is 372 g/mol. The highest BCUT2D eigenvalue weighted by atomic mass is 79.9. The summed E-state index contributed by atoms with van der Waals surface area (Å²) in [6, 6.07) is 5.24. The van der Waals surface area contributed by atoms with Crippen LogP contribution in [0.5, 0.6) is 0 Å². The first kappa shape index (κ1) is 14.4. The average molecular weight is 373 g/mol. The molecular weight excluding hydrogens is 363 g/mol. The number of nitrogens with zero attached hydrogens (tertiary/aromatic N) is 2. The fraction of sp³-hybridized carbons (Fsp3) is 0.231. The number of benzene rings is 1. The Hall–Kier alpha value is -1.54. The van der Waals surface area contributed by atoms with Crippen LogP contribution in [0.2, 0.25) is 0 Å². The Morgan fingerprint density at radius 3 is 2.71 bits per heavy atom. The molecule has 1 aromatic carbocycles. The third-order valence-electron chi connectivity index (χ3n) is 3.52. The van der Waals surface area contributed by atoms with Crippen molar-refractivity contribution in [2.75, 3.05) is 11.4 Å². The summed E-state index contributed by atoms with van der Waals surface area (Å²) in [7, 11) is -4.73. The summed E-state index contributed by atoms with van der Waals surface area (Å²) in [6.07, 6.45) is 2.88. The fourth-order valence-corrected chi connectivity index (χ4v) is 3.62. The van der Waals surface area contributed by atoms with Gasteiger partial charge in [0.25, 0.3) is 0 Å². The minimum atomic E-state index is -4.73. The molecule has 1 amide bonds. The van der Waals surface area contributed by atoms with E-state index in [2.05, 4.69) is 20.9 Å². The smallest absolute Gasteiger partial charge is 0.307 e. The normalized spacial score (nSPS) is 19.4. The lowest BCUT2D eigenvalue weighted by atomic mass is 10.1. The fourth-order valence-electron chi connectivity index (χ4n) is 2.47. The quantitative estimate of drug-likeness (QED) is 0.759. The van der Waals surface area contributed by atoms with Crippen molar-refractivity contribution in [2.24, 2.45) is 0 Å². The number of hydrogen-bond acceptors (Lipinski definition) is 4. The maximum atomic E-state index is 13.1. The molecule has 0 radical (unpaired) electrons. The second kappa shape index (κ2) is 5.03. The van der Waals surface area contributed by atoms with Crippen LogP contribution in [0.3, 0.4) is 0 Å². The van der Waals surface area contributed by atoms with E-state index in [9.17, 15) is 17.1 Å². The molecule has 0 saturated carbocycles. The van der Waals surface area contributed by atoms with Gasteiger partial charge in [-0.05, 0) is 18.2 Å². The summed E-state index contributed by atoms with van der Waals surface area (Å²) in [4.78, 5) is 17.4. The number of fused-ring (bicyclic) bond motifs is 1. The molecule has 1 aliphatic rings. The maximum absolute atomic E-state index is 13.1. The third-order valence-corrected chi connectivity index (χ3v) is 5.32. The van der Waals surface area contributed by atoms with E-state index in [0.717, 1.165) is 9.86 Å². The third kappa shape index (κ3) is 2.53. The highest BCUT2D eigenvalue weighted by Gasteiger charge is 2.39. The Labute approximate surface area is 129 Å². The van der Waals surface area contributed by atoms with E-state index < -0.39 is 21.4 Å². The van der Waals surface area contributed by atoms with Gasteiger partial charge in [-0.3, -0.25) is 9.78 Å². The van der Waals surface area contributed by atoms with Crippen molar-refractivity contribution in [3.63, 3.8) is 0 Å². The highest BCUT2D eigenvalue weighted by molar-refractivity contribution is 9.10. The number of carbonyl (C=O) groups excluding carboxylic acids is 1. The van der Waals surface area contributed by atoms with Crippen molar-refractivity contribution < 1.29 is 17.1 Å². The number of halogens is 2. The Morgan fingerprint density at radius 1 is 1.29 bits per heavy atom. The van der Waals surface area contributed by atoms with Crippen molar-refractivity contribution in [2.45, 2.75) is 11.7 Å². The Bertz CT molecular complexity index is 840. The molecule has 2 heterocycles. The summed E-state index contributed by atoms with van der Waals surface area (Å²) in [5.41, 5.74) is 0.539. The minimum Gasteiger partial charge on any atom is -0.310 e. The van der Waals surface area contributed by atoms with Gasteiger partial charge in [-0.15, -0.1) is 3.89 Å². The molecule has 0 spiro atoms. The van der Waals surface area contributed by atoms with E-state index in [0.29, 0.717) is 11.1 Å². The van der Waals surface area contributed by atoms with Crippen LogP contribution in [-0.4, -0.2) is 31.1 Å². The van der Waals surface area contributed by atoms with E-state index in [4.69, 9.17) is 0 Å². The van der Waals surface area contributed by atoms with E-state index in [1.54, 1.807) is 30.6 Å². The molecule has 110 valence electrons. The molecule has 0 N–H and O–H groups in total. The van der Waals surface area contributed by atoms with Crippen LogP contribution in [0.15, 0.2) is 35.1 Å². The molecule has 1 atom stereocenters. The lowest BCUT2D eigenvalue weighted by Gasteiger charge is -2.18. The molecule has 1 aliphatic heterocycles. The van der Waals surface area contributed by atoms with Gasteiger partial charge in [0.1, 0.15) is 5.25 Å². The van der Waals surface area contributed by atoms with Gasteiger partial charge in [0.2, 0.25) is 5.91 Å². The van der Waals surface area contributed by atoms with Gasteiger partial charge in [0.15, 0.2) is 0 Å². The van der Waals surface area contributed by atoms with Crippen molar-refractivity contribution >= 4 is 48.5 Å². The number of pyridine rings is 1. The van der Waals surface area contributed by atoms with Crippen molar-refractivity contribution in [1.82, 2.24) is 4.98 Å². The zero-order valence-corrected chi connectivity index (χ0v) is 13.1. The summed E-state index contributed by atoms with van der Waals surface area (Å²) in [5, 5.41) is 0.249. The van der Waals surface area contributed by atoms with Crippen LogP contribution in [0.1, 0.15) is 6.42 Å². The molecule has 8 heteroatoms. The van der Waals surface area contributed by atoms with Gasteiger partial charge in [-0.25, -0.2) is 0 Å². The Kier molecular flexibility index (Phi) is 3.45. The number of amides is 1. The summed E-state index contributed by atoms with van der Waals surface area (Å²) >= 11 is 3.41. The van der Waals surface area contributed by atoms with Crippen LogP contribution >= 0.6 is 15.9 Å². The number of anilines is 1. The van der Waals surface area contributed by atoms with Crippen LogP contribution in [0.25, 0.3) is 10.8 Å². The summed E-state index contributed by atoms with van der Waals surface area (Å²) in [5.74, 6) is -0.409. The molecule has 1 aromatic heterocycles. The molecule has 21 heavy (non-hydrogen) atoms. The first-order valence-electron chi connectivity index (χ1n) is 6.14. The van der Waals surface area contributed by atoms with E-state index in [-0.39, 0.29) is 13.0 Å². The molecule has 2 aromatic rings. The first-order valence-corrected chi connectivity index (χ1v) is 8.38. The minimum absolute atomic E-state index is 0.177. The summed E-state index contributed by atoms with van der Waals surface area (Å²) in [6.45, 7) is -0.177. The van der Waals surface area contributed by atoms with E-state index in [1.165, 1.54) is 4.90 Å². The van der Waals surface area contributed by atoms with E-state index >= 15 is 0 Å². The second-order valence-corrected chi connectivity index (χ2v) is 7.27. The van der Waals surface area contributed by atoms with Gasteiger partial charge in [0.05, 0.1) is 5.69 Å². The van der Waals surface area contributed by atoms with Crippen LogP contribution in [0, 0.1) is 0 Å². The predicted octanol–water partition coefficient (Wildman–Crippen LogP) is 2.40. The standard InChI is InChI=1S/C13H10BrFN2O3S/c14-11-1-2-12(10-6-16-4-3-9(10)11)17-7-8(5-13(17)18)21(15,19)20/h1-4,6,8H,5,7H2. The molecule has 1 fully saturated rings. The maximum Gasteiger partial charge on any atom is 0.307 e. The molecule has 0 bridgehead atoms. The predicted molar refractivity (Wildman–Crippen MR) is 80.2 cm³/mol. The molecule has 1 saturated heterocycles. The number of rotatable bonds is 2. The number of carbonyl (C=O) groups is 1.